The van der Waals surface area contributed by atoms with E-state index in [2.05, 4.69) is 20.1 Å². The highest BCUT2D eigenvalue weighted by molar-refractivity contribution is 7.90. The quantitative estimate of drug-likeness (QED) is 0.241. The first-order valence-electron chi connectivity index (χ1n) is 12.9. The number of hydrogen-bond acceptors (Lipinski definition) is 10. The van der Waals surface area contributed by atoms with Gasteiger partial charge in [0.15, 0.2) is 5.65 Å². The van der Waals surface area contributed by atoms with Gasteiger partial charge in [-0.1, -0.05) is 18.2 Å². The summed E-state index contributed by atoms with van der Waals surface area (Å²) in [5.74, 6) is -0.0191. The van der Waals surface area contributed by atoms with Crippen molar-refractivity contribution in [2.24, 2.45) is 5.92 Å². The van der Waals surface area contributed by atoms with Crippen molar-refractivity contribution in [1.82, 2.24) is 18.8 Å². The molecule has 12 nitrogen and oxygen atoms in total. The molecule has 1 aliphatic heterocycles. The normalized spacial score (nSPS) is 22.9. The van der Waals surface area contributed by atoms with Gasteiger partial charge in [-0.25, -0.2) is 17.4 Å². The number of hydrogen-bond donors (Lipinski definition) is 1. The van der Waals surface area contributed by atoms with Crippen LogP contribution in [-0.2, 0) is 21.1 Å². The molecule has 2 atom stereocenters. The van der Waals surface area contributed by atoms with Crippen LogP contribution in [-0.4, -0.2) is 85.5 Å². The lowest BCUT2D eigenvalue weighted by Crippen LogP contribution is -2.53. The number of nitro groups is 1. The van der Waals surface area contributed by atoms with Crippen molar-refractivity contribution in [1.29, 1.82) is 0 Å². The Morgan fingerprint density at radius 2 is 1.74 bits per heavy atom. The summed E-state index contributed by atoms with van der Waals surface area (Å²) in [6.07, 6.45) is 5.03. The van der Waals surface area contributed by atoms with Crippen LogP contribution in [0.5, 0.6) is 0 Å². The average molecular weight is 576 g/mol. The number of rotatable bonds is 8. The Bertz CT molecular complexity index is 1460. The van der Waals surface area contributed by atoms with Gasteiger partial charge in [-0.3, -0.25) is 19.2 Å². The van der Waals surface area contributed by atoms with Gasteiger partial charge in [-0.05, 0) is 67.9 Å². The summed E-state index contributed by atoms with van der Waals surface area (Å²) in [7, 11) is -1.93. The zero-order valence-electron chi connectivity index (χ0n) is 21.5. The monoisotopic (exact) mass is 575 g/mol. The van der Waals surface area contributed by atoms with Gasteiger partial charge in [0, 0.05) is 38.4 Å². The molecule has 14 heteroatoms. The van der Waals surface area contributed by atoms with Crippen LogP contribution in [0, 0.1) is 16.0 Å². The maximum Gasteiger partial charge on any atom is 0.311 e. The molecule has 1 aliphatic carbocycles. The lowest BCUT2D eigenvalue weighted by atomic mass is 9.85. The summed E-state index contributed by atoms with van der Waals surface area (Å²) >= 11 is -2.23. The number of aromatic nitrogens is 2. The van der Waals surface area contributed by atoms with Crippen LogP contribution in [0.1, 0.15) is 25.7 Å². The number of fused-ring (bicyclic) bond motifs is 1. The minimum atomic E-state index is -3.95. The van der Waals surface area contributed by atoms with Gasteiger partial charge in [0.1, 0.15) is 11.9 Å². The van der Waals surface area contributed by atoms with Gasteiger partial charge in [0.05, 0.1) is 20.6 Å². The van der Waals surface area contributed by atoms with Gasteiger partial charge in [0.25, 0.3) is 10.0 Å². The third-order valence-corrected chi connectivity index (χ3v) is 10.5. The molecule has 2 unspecified atom stereocenters. The van der Waals surface area contributed by atoms with Gasteiger partial charge in [-0.15, -0.1) is 0 Å². The molecular formula is C25H31N6O6S2-. The average Bonchev–Trinajstić information content (AvgIpc) is 3.37. The minimum absolute atomic E-state index is 0.0191. The molecule has 210 valence electrons. The first kappa shape index (κ1) is 27.6. The molecule has 1 saturated carbocycles. The molecule has 1 N–H and O–H groups in total. The number of piperazine rings is 1. The smallest absolute Gasteiger partial charge is 0.311 e. The Morgan fingerprint density at radius 3 is 2.36 bits per heavy atom. The summed E-state index contributed by atoms with van der Waals surface area (Å²) in [5, 5.41) is 15.0. The molecule has 39 heavy (non-hydrogen) atoms. The predicted molar refractivity (Wildman–Crippen MR) is 147 cm³/mol. The fourth-order valence-corrected chi connectivity index (χ4v) is 8.01. The lowest BCUT2D eigenvalue weighted by molar-refractivity contribution is -0.384. The van der Waals surface area contributed by atoms with E-state index >= 15 is 0 Å². The Hall–Kier alpha value is -2.91. The lowest BCUT2D eigenvalue weighted by Gasteiger charge is -2.44. The van der Waals surface area contributed by atoms with Crippen molar-refractivity contribution in [3.05, 3.63) is 58.9 Å². The standard InChI is InChI=1S/C25H32N6O6S2/c1-28-13-15-29(16-14-28)25(38(34)35)18-7-9-19(10-8-18)27-23-21-11-12-30(24(21)26-17-22(23)31(32)33)39(36,37)20-5-3-2-4-6-20/h2-6,11-12,17-19,25H,7-10,13-16H2,1H3,(H,26,27)(H,34,35)/p-1. The molecule has 3 heterocycles. The second-order valence-electron chi connectivity index (χ2n) is 10.2. The minimum Gasteiger partial charge on any atom is -0.771 e. The molecule has 0 amide bonds. The van der Waals surface area contributed by atoms with Crippen LogP contribution in [0.2, 0.25) is 0 Å². The fourth-order valence-electron chi connectivity index (χ4n) is 5.65. The molecule has 0 radical (unpaired) electrons. The van der Waals surface area contributed by atoms with Gasteiger partial charge >= 0.3 is 5.69 Å². The number of pyridine rings is 1. The zero-order chi connectivity index (χ0) is 27.7. The molecule has 1 saturated heterocycles. The molecular weight excluding hydrogens is 544 g/mol. The predicted octanol–water partition coefficient (Wildman–Crippen LogP) is 2.60. The van der Waals surface area contributed by atoms with Crippen molar-refractivity contribution in [3.63, 3.8) is 0 Å². The first-order valence-corrected chi connectivity index (χ1v) is 15.5. The van der Waals surface area contributed by atoms with Crippen molar-refractivity contribution in [2.45, 2.75) is 42.0 Å². The number of nitrogens with one attached hydrogen (secondary N) is 1. The summed E-state index contributed by atoms with van der Waals surface area (Å²) in [5.41, 5.74) is 0.0754. The maximum absolute atomic E-state index is 13.2. The van der Waals surface area contributed by atoms with E-state index in [1.807, 2.05) is 7.05 Å². The SMILES string of the molecule is CN1CCN(C(C2CCC(Nc3c([N+](=O)[O-])cnc4c3ccn4S(=O)(=O)c3ccccc3)CC2)S(=O)[O-])CC1. The van der Waals surface area contributed by atoms with Crippen LogP contribution in [0.15, 0.2) is 53.7 Å². The van der Waals surface area contributed by atoms with Crippen LogP contribution in [0.3, 0.4) is 0 Å². The molecule has 2 aliphatic rings. The largest absolute Gasteiger partial charge is 0.771 e. The van der Waals surface area contributed by atoms with Crippen molar-refractivity contribution < 1.29 is 22.1 Å². The van der Waals surface area contributed by atoms with Crippen LogP contribution < -0.4 is 5.32 Å². The maximum atomic E-state index is 13.2. The second-order valence-corrected chi connectivity index (χ2v) is 13.0. The topological polar surface area (TPSA) is 154 Å². The van der Waals surface area contributed by atoms with Crippen molar-refractivity contribution >= 4 is 43.5 Å². The summed E-state index contributed by atoms with van der Waals surface area (Å²) < 4.78 is 51.9. The van der Waals surface area contributed by atoms with Crippen LogP contribution >= 0.6 is 0 Å². The van der Waals surface area contributed by atoms with E-state index in [1.165, 1.54) is 24.4 Å². The highest BCUT2D eigenvalue weighted by Gasteiger charge is 2.34. The third-order valence-electron chi connectivity index (χ3n) is 7.78. The second kappa shape index (κ2) is 11.3. The van der Waals surface area contributed by atoms with E-state index in [0.29, 0.717) is 44.2 Å². The van der Waals surface area contributed by atoms with E-state index in [9.17, 15) is 27.3 Å². The molecule has 0 bridgehead atoms. The Morgan fingerprint density at radius 1 is 1.08 bits per heavy atom. The molecule has 5 rings (SSSR count). The van der Waals surface area contributed by atoms with Gasteiger partial charge < -0.3 is 14.8 Å². The van der Waals surface area contributed by atoms with Crippen LogP contribution in [0.4, 0.5) is 11.4 Å². The summed E-state index contributed by atoms with van der Waals surface area (Å²) in [6.45, 7) is 3.06. The van der Waals surface area contributed by atoms with E-state index in [4.69, 9.17) is 0 Å². The molecule has 2 aromatic heterocycles. The Balaban J connectivity index is 1.38. The fraction of sp³-hybridized carbons (Fsp3) is 0.480. The van der Waals surface area contributed by atoms with E-state index < -0.39 is 31.4 Å². The molecule has 1 aromatic carbocycles. The van der Waals surface area contributed by atoms with E-state index in [1.54, 1.807) is 18.2 Å². The van der Waals surface area contributed by atoms with Gasteiger partial charge in [0.2, 0.25) is 0 Å². The Kier molecular flexibility index (Phi) is 8.01. The zero-order valence-corrected chi connectivity index (χ0v) is 23.1. The van der Waals surface area contributed by atoms with Crippen molar-refractivity contribution in [2.75, 3.05) is 38.5 Å². The van der Waals surface area contributed by atoms with E-state index in [-0.39, 0.29) is 33.9 Å². The number of benzene rings is 1. The summed E-state index contributed by atoms with van der Waals surface area (Å²) in [6, 6.07) is 9.31. The number of nitrogens with zero attached hydrogens (tertiary/aromatic N) is 5. The van der Waals surface area contributed by atoms with E-state index in [0.717, 1.165) is 23.3 Å². The van der Waals surface area contributed by atoms with Gasteiger partial charge in [-0.2, -0.15) is 0 Å². The highest BCUT2D eigenvalue weighted by atomic mass is 32.2. The number of anilines is 1. The highest BCUT2D eigenvalue weighted by Crippen LogP contribution is 2.37. The Labute approximate surface area is 229 Å². The third kappa shape index (κ3) is 5.57. The molecule has 3 aromatic rings. The molecule has 2 fully saturated rings. The number of likely N-dealkylation sites (N-methyl/N-ethyl adjacent to an activating group) is 1. The summed E-state index contributed by atoms with van der Waals surface area (Å²) in [4.78, 5) is 19.8. The van der Waals surface area contributed by atoms with Crippen LogP contribution in [0.25, 0.3) is 11.0 Å². The molecule has 0 spiro atoms. The van der Waals surface area contributed by atoms with Crippen molar-refractivity contribution in [3.8, 4) is 0 Å². The first-order chi connectivity index (χ1) is 18.7.